The van der Waals surface area contributed by atoms with Crippen LogP contribution in [0.1, 0.15) is 25.0 Å². The van der Waals surface area contributed by atoms with E-state index in [1.54, 1.807) is 0 Å². The molecule has 0 saturated carbocycles. The molecule has 0 bridgehead atoms. The maximum absolute atomic E-state index is 6.83. The maximum Gasteiger partial charge on any atom is 0.188 e. The lowest BCUT2D eigenvalue weighted by Crippen LogP contribution is -2.21. The van der Waals surface area contributed by atoms with Gasteiger partial charge >= 0.3 is 0 Å². The molecule has 1 aromatic rings. The summed E-state index contributed by atoms with van der Waals surface area (Å²) >= 11 is 0. The van der Waals surface area contributed by atoms with Gasteiger partial charge in [0.15, 0.2) is 5.96 Å². The first-order chi connectivity index (χ1) is 7.76. The zero-order valence-corrected chi connectivity index (χ0v) is 10.1. The van der Waals surface area contributed by atoms with Gasteiger partial charge < -0.3 is 10.6 Å². The molecule has 88 valence electrons. The van der Waals surface area contributed by atoms with Crippen LogP contribution in [-0.2, 0) is 12.8 Å². The van der Waals surface area contributed by atoms with Gasteiger partial charge in [0, 0.05) is 13.1 Å². The van der Waals surface area contributed by atoms with E-state index in [1.807, 2.05) is 0 Å². The van der Waals surface area contributed by atoms with Crippen molar-refractivity contribution in [2.75, 3.05) is 13.1 Å². The van der Waals surface area contributed by atoms with Crippen molar-refractivity contribution in [1.29, 1.82) is 5.41 Å². The van der Waals surface area contributed by atoms with E-state index in [0.29, 0.717) is 5.96 Å². The molecular weight excluding hydrogens is 198 g/mol. The predicted molar refractivity (Wildman–Crippen MR) is 68.9 cm³/mol. The van der Waals surface area contributed by atoms with Crippen molar-refractivity contribution in [3.63, 3.8) is 0 Å². The van der Waals surface area contributed by atoms with E-state index in [9.17, 15) is 0 Å². The quantitative estimate of drug-likeness (QED) is 0.712. The summed E-state index contributed by atoms with van der Waals surface area (Å²) in [5.41, 5.74) is 2.89. The van der Waals surface area contributed by atoms with Gasteiger partial charge in [0.05, 0.1) is 0 Å². The van der Waals surface area contributed by atoms with Crippen LogP contribution in [0.4, 0.5) is 0 Å². The standard InChI is InChI=1S/C10H14.C3H7N3/c1-3-9-6-5-7-10(4-2)8-9;4-3-5-1-2-6-3/h5-8H,3-4H2,1-2H3;1-2H2,(H3,4,5,6). The van der Waals surface area contributed by atoms with Gasteiger partial charge in [-0.15, -0.1) is 0 Å². The highest BCUT2D eigenvalue weighted by Crippen LogP contribution is 2.05. The SMILES string of the molecule is CCc1cccc(CC)c1.N=C1NCCN1. The van der Waals surface area contributed by atoms with Crippen LogP contribution in [0, 0.1) is 5.41 Å². The van der Waals surface area contributed by atoms with Gasteiger partial charge in [-0.05, 0) is 24.0 Å². The van der Waals surface area contributed by atoms with E-state index < -0.39 is 0 Å². The Morgan fingerprint density at radius 2 is 1.56 bits per heavy atom. The summed E-state index contributed by atoms with van der Waals surface area (Å²) in [5.74, 6) is 0.454. The molecule has 1 heterocycles. The third-order valence-electron chi connectivity index (χ3n) is 2.54. The topological polar surface area (TPSA) is 47.9 Å². The van der Waals surface area contributed by atoms with Gasteiger partial charge in [0.1, 0.15) is 0 Å². The van der Waals surface area contributed by atoms with E-state index in [1.165, 1.54) is 11.1 Å². The zero-order chi connectivity index (χ0) is 11.8. The van der Waals surface area contributed by atoms with Crippen molar-refractivity contribution in [3.05, 3.63) is 35.4 Å². The van der Waals surface area contributed by atoms with E-state index >= 15 is 0 Å². The molecule has 0 atom stereocenters. The first-order valence-electron chi connectivity index (χ1n) is 5.90. The summed E-state index contributed by atoms with van der Waals surface area (Å²) in [4.78, 5) is 0. The predicted octanol–water partition coefficient (Wildman–Crippen LogP) is 1.93. The molecular formula is C13H21N3. The number of benzene rings is 1. The van der Waals surface area contributed by atoms with Crippen LogP contribution in [0.25, 0.3) is 0 Å². The molecule has 16 heavy (non-hydrogen) atoms. The zero-order valence-electron chi connectivity index (χ0n) is 10.1. The molecule has 0 aliphatic carbocycles. The van der Waals surface area contributed by atoms with E-state index in [4.69, 9.17) is 5.41 Å². The second-order valence-electron chi connectivity index (χ2n) is 3.76. The summed E-state index contributed by atoms with van der Waals surface area (Å²) in [7, 11) is 0. The molecule has 3 N–H and O–H groups in total. The van der Waals surface area contributed by atoms with Gasteiger partial charge in [-0.3, -0.25) is 5.41 Å². The fourth-order valence-electron chi connectivity index (χ4n) is 1.51. The molecule has 1 fully saturated rings. The number of guanidine groups is 1. The van der Waals surface area contributed by atoms with Crippen LogP contribution < -0.4 is 10.6 Å². The lowest BCUT2D eigenvalue weighted by molar-refractivity contribution is 0.942. The molecule has 2 rings (SSSR count). The maximum atomic E-state index is 6.83. The third kappa shape index (κ3) is 4.34. The summed E-state index contributed by atoms with van der Waals surface area (Å²) in [6, 6.07) is 8.77. The van der Waals surface area contributed by atoms with Crippen molar-refractivity contribution < 1.29 is 0 Å². The molecule has 0 amide bonds. The molecule has 0 aromatic heterocycles. The van der Waals surface area contributed by atoms with Gasteiger partial charge in [0.2, 0.25) is 0 Å². The first kappa shape index (κ1) is 12.6. The van der Waals surface area contributed by atoms with Gasteiger partial charge in [0.25, 0.3) is 0 Å². The van der Waals surface area contributed by atoms with E-state index in [-0.39, 0.29) is 0 Å². The fourth-order valence-corrected chi connectivity index (χ4v) is 1.51. The molecule has 0 unspecified atom stereocenters. The first-order valence-corrected chi connectivity index (χ1v) is 5.90. The van der Waals surface area contributed by atoms with Crippen LogP contribution in [0.2, 0.25) is 0 Å². The lowest BCUT2D eigenvalue weighted by atomic mass is 10.1. The lowest BCUT2D eigenvalue weighted by Gasteiger charge is -1.98. The largest absolute Gasteiger partial charge is 0.355 e. The summed E-state index contributed by atoms with van der Waals surface area (Å²) in [6.45, 7) is 6.18. The van der Waals surface area contributed by atoms with Gasteiger partial charge in [-0.25, -0.2) is 0 Å². The Bertz CT molecular complexity index is 306. The number of aryl methyl sites for hydroxylation is 2. The van der Waals surface area contributed by atoms with Crippen molar-refractivity contribution in [3.8, 4) is 0 Å². The molecule has 0 radical (unpaired) electrons. The van der Waals surface area contributed by atoms with Crippen molar-refractivity contribution in [1.82, 2.24) is 10.6 Å². The summed E-state index contributed by atoms with van der Waals surface area (Å²) in [6.07, 6.45) is 2.29. The Labute approximate surface area is 97.8 Å². The number of rotatable bonds is 2. The van der Waals surface area contributed by atoms with E-state index in [0.717, 1.165) is 25.9 Å². The van der Waals surface area contributed by atoms with Gasteiger partial charge in [-0.1, -0.05) is 38.1 Å². The Kier molecular flexibility index (Phi) is 5.40. The minimum Gasteiger partial charge on any atom is -0.355 e. The third-order valence-corrected chi connectivity index (χ3v) is 2.54. The van der Waals surface area contributed by atoms with Crippen molar-refractivity contribution in [2.24, 2.45) is 0 Å². The Morgan fingerprint density at radius 1 is 1.06 bits per heavy atom. The van der Waals surface area contributed by atoms with Crippen LogP contribution in [-0.4, -0.2) is 19.0 Å². The highest BCUT2D eigenvalue weighted by Gasteiger charge is 1.98. The highest BCUT2D eigenvalue weighted by molar-refractivity contribution is 5.78. The monoisotopic (exact) mass is 219 g/mol. The average Bonchev–Trinajstić information content (AvgIpc) is 2.81. The second-order valence-corrected chi connectivity index (χ2v) is 3.76. The minimum atomic E-state index is 0.454. The molecule has 3 nitrogen and oxygen atoms in total. The summed E-state index contributed by atoms with van der Waals surface area (Å²) in [5, 5.41) is 12.4. The Hall–Kier alpha value is -1.51. The van der Waals surface area contributed by atoms with Crippen LogP contribution in [0.15, 0.2) is 24.3 Å². The van der Waals surface area contributed by atoms with E-state index in [2.05, 4.69) is 48.7 Å². The number of hydrogen-bond donors (Lipinski definition) is 3. The minimum absolute atomic E-state index is 0.454. The number of nitrogens with one attached hydrogen (secondary N) is 3. The highest BCUT2D eigenvalue weighted by atomic mass is 15.2. The normalized spacial score (nSPS) is 13.5. The Morgan fingerprint density at radius 3 is 1.88 bits per heavy atom. The van der Waals surface area contributed by atoms with Crippen molar-refractivity contribution in [2.45, 2.75) is 26.7 Å². The summed E-state index contributed by atoms with van der Waals surface area (Å²) < 4.78 is 0. The Balaban J connectivity index is 0.000000181. The molecule has 0 spiro atoms. The average molecular weight is 219 g/mol. The van der Waals surface area contributed by atoms with Crippen molar-refractivity contribution >= 4 is 5.96 Å². The molecule has 1 saturated heterocycles. The van der Waals surface area contributed by atoms with Crippen LogP contribution in [0.5, 0.6) is 0 Å². The molecule has 1 aliphatic heterocycles. The molecule has 3 heteroatoms. The smallest absolute Gasteiger partial charge is 0.188 e. The number of hydrogen-bond acceptors (Lipinski definition) is 1. The molecule has 1 aliphatic rings. The van der Waals surface area contributed by atoms with Gasteiger partial charge in [-0.2, -0.15) is 0 Å². The second kappa shape index (κ2) is 6.88. The van der Waals surface area contributed by atoms with Crippen LogP contribution in [0.3, 0.4) is 0 Å². The molecule has 1 aromatic carbocycles. The fraction of sp³-hybridized carbons (Fsp3) is 0.462. The van der Waals surface area contributed by atoms with Crippen LogP contribution >= 0.6 is 0 Å².